The standard InChI is InChI=1S/C15H23N3/c1-15(10-6-3-7-11-15)12-17-14(16)18-13-8-4-2-5-9-13/h2,4-5,8-9H,3,6-7,10-12H2,1H3,(H3,16,17,18). The number of anilines is 1. The van der Waals surface area contributed by atoms with Crippen molar-refractivity contribution in [2.75, 3.05) is 11.9 Å². The van der Waals surface area contributed by atoms with Gasteiger partial charge in [-0.1, -0.05) is 44.4 Å². The molecular weight excluding hydrogens is 222 g/mol. The van der Waals surface area contributed by atoms with Crippen molar-refractivity contribution in [1.82, 2.24) is 0 Å². The number of aliphatic imine (C=N–C) groups is 1. The van der Waals surface area contributed by atoms with Gasteiger partial charge in [-0.15, -0.1) is 0 Å². The van der Waals surface area contributed by atoms with Gasteiger partial charge in [0.05, 0.1) is 0 Å². The number of hydrogen-bond acceptors (Lipinski definition) is 1. The minimum Gasteiger partial charge on any atom is -0.370 e. The average molecular weight is 245 g/mol. The number of benzene rings is 1. The molecule has 0 aliphatic heterocycles. The number of nitrogens with two attached hydrogens (primary N) is 1. The number of nitrogens with one attached hydrogen (secondary N) is 1. The van der Waals surface area contributed by atoms with Crippen molar-refractivity contribution in [2.24, 2.45) is 16.1 Å². The van der Waals surface area contributed by atoms with Crippen molar-refractivity contribution in [2.45, 2.75) is 39.0 Å². The number of para-hydroxylation sites is 1. The lowest BCUT2D eigenvalue weighted by Gasteiger charge is -2.31. The van der Waals surface area contributed by atoms with Crippen molar-refractivity contribution >= 4 is 11.6 Å². The summed E-state index contributed by atoms with van der Waals surface area (Å²) < 4.78 is 0. The molecule has 0 spiro atoms. The monoisotopic (exact) mass is 245 g/mol. The molecule has 0 atom stereocenters. The molecule has 3 N–H and O–H groups in total. The van der Waals surface area contributed by atoms with Crippen LogP contribution in [0.3, 0.4) is 0 Å². The van der Waals surface area contributed by atoms with Crippen LogP contribution in [0.2, 0.25) is 0 Å². The van der Waals surface area contributed by atoms with E-state index in [0.717, 1.165) is 12.2 Å². The SMILES string of the molecule is CC1(CN=C(N)Nc2ccccc2)CCCCC1. The van der Waals surface area contributed by atoms with Crippen LogP contribution in [0.15, 0.2) is 35.3 Å². The Bertz CT molecular complexity index is 391. The van der Waals surface area contributed by atoms with E-state index in [0.29, 0.717) is 11.4 Å². The van der Waals surface area contributed by atoms with E-state index in [1.165, 1.54) is 32.1 Å². The molecule has 0 saturated heterocycles. The Labute approximate surface area is 109 Å². The van der Waals surface area contributed by atoms with Crippen molar-refractivity contribution in [3.8, 4) is 0 Å². The molecule has 0 amide bonds. The van der Waals surface area contributed by atoms with Gasteiger partial charge in [0.25, 0.3) is 0 Å². The van der Waals surface area contributed by atoms with Gasteiger partial charge in [-0.25, -0.2) is 0 Å². The molecule has 1 fully saturated rings. The van der Waals surface area contributed by atoms with E-state index >= 15 is 0 Å². The molecule has 1 saturated carbocycles. The van der Waals surface area contributed by atoms with E-state index in [4.69, 9.17) is 5.73 Å². The summed E-state index contributed by atoms with van der Waals surface area (Å²) in [6.07, 6.45) is 6.58. The maximum Gasteiger partial charge on any atom is 0.193 e. The van der Waals surface area contributed by atoms with Crippen LogP contribution in [0.4, 0.5) is 5.69 Å². The number of hydrogen-bond donors (Lipinski definition) is 2. The third-order valence-corrected chi connectivity index (χ3v) is 3.74. The highest BCUT2D eigenvalue weighted by atomic mass is 15.1. The summed E-state index contributed by atoms with van der Waals surface area (Å²) in [6, 6.07) is 9.94. The second kappa shape index (κ2) is 5.89. The molecule has 1 aliphatic rings. The smallest absolute Gasteiger partial charge is 0.193 e. The Kier molecular flexibility index (Phi) is 4.24. The van der Waals surface area contributed by atoms with Gasteiger partial charge in [0.2, 0.25) is 0 Å². The quantitative estimate of drug-likeness (QED) is 0.633. The van der Waals surface area contributed by atoms with E-state index in [1.807, 2.05) is 30.3 Å². The zero-order valence-electron chi connectivity index (χ0n) is 11.2. The second-order valence-corrected chi connectivity index (χ2v) is 5.56. The third kappa shape index (κ3) is 3.76. The summed E-state index contributed by atoms with van der Waals surface area (Å²) in [5.74, 6) is 0.521. The van der Waals surface area contributed by atoms with Gasteiger partial charge in [-0.05, 0) is 30.4 Å². The Morgan fingerprint density at radius 2 is 1.89 bits per heavy atom. The van der Waals surface area contributed by atoms with Crippen molar-refractivity contribution in [1.29, 1.82) is 0 Å². The molecule has 0 heterocycles. The first-order chi connectivity index (χ1) is 8.68. The Morgan fingerprint density at radius 1 is 1.22 bits per heavy atom. The van der Waals surface area contributed by atoms with Gasteiger partial charge < -0.3 is 11.1 Å². The molecule has 0 unspecified atom stereocenters. The molecule has 2 rings (SSSR count). The summed E-state index contributed by atoms with van der Waals surface area (Å²) in [7, 11) is 0. The Hall–Kier alpha value is -1.51. The van der Waals surface area contributed by atoms with Gasteiger partial charge in [0.15, 0.2) is 5.96 Å². The van der Waals surface area contributed by atoms with Crippen LogP contribution in [0, 0.1) is 5.41 Å². The van der Waals surface area contributed by atoms with E-state index in [1.54, 1.807) is 0 Å². The van der Waals surface area contributed by atoms with Crippen molar-refractivity contribution in [3.05, 3.63) is 30.3 Å². The minimum atomic E-state index is 0.348. The maximum atomic E-state index is 5.92. The second-order valence-electron chi connectivity index (χ2n) is 5.56. The molecule has 3 heteroatoms. The maximum absolute atomic E-state index is 5.92. The highest BCUT2D eigenvalue weighted by Gasteiger charge is 2.26. The summed E-state index contributed by atoms with van der Waals surface area (Å²) in [4.78, 5) is 4.50. The van der Waals surface area contributed by atoms with Crippen LogP contribution in [0.1, 0.15) is 39.0 Å². The number of nitrogens with zero attached hydrogens (tertiary/aromatic N) is 1. The Balaban J connectivity index is 1.88. The molecule has 0 bridgehead atoms. The van der Waals surface area contributed by atoms with Gasteiger partial charge in [0, 0.05) is 12.2 Å². The van der Waals surface area contributed by atoms with Crippen LogP contribution in [-0.2, 0) is 0 Å². The molecule has 0 radical (unpaired) electrons. The predicted molar refractivity (Wildman–Crippen MR) is 77.7 cm³/mol. The zero-order valence-corrected chi connectivity index (χ0v) is 11.2. The molecular formula is C15H23N3. The van der Waals surface area contributed by atoms with Crippen LogP contribution >= 0.6 is 0 Å². The van der Waals surface area contributed by atoms with E-state index in [9.17, 15) is 0 Å². The first-order valence-corrected chi connectivity index (χ1v) is 6.80. The molecule has 1 aromatic rings. The summed E-state index contributed by atoms with van der Waals surface area (Å²) >= 11 is 0. The molecule has 1 aliphatic carbocycles. The highest BCUT2D eigenvalue weighted by Crippen LogP contribution is 2.35. The first kappa shape index (κ1) is 12.9. The summed E-state index contributed by atoms with van der Waals surface area (Å²) in [5.41, 5.74) is 7.26. The lowest BCUT2D eigenvalue weighted by Crippen LogP contribution is -2.28. The minimum absolute atomic E-state index is 0.348. The number of guanidine groups is 1. The first-order valence-electron chi connectivity index (χ1n) is 6.80. The van der Waals surface area contributed by atoms with E-state index < -0.39 is 0 Å². The van der Waals surface area contributed by atoms with E-state index in [2.05, 4.69) is 17.2 Å². The fourth-order valence-electron chi connectivity index (χ4n) is 2.55. The fourth-order valence-corrected chi connectivity index (χ4v) is 2.55. The van der Waals surface area contributed by atoms with Gasteiger partial charge in [-0.3, -0.25) is 4.99 Å². The number of rotatable bonds is 3. The fraction of sp³-hybridized carbons (Fsp3) is 0.533. The molecule has 0 aromatic heterocycles. The van der Waals surface area contributed by atoms with Crippen LogP contribution in [0.5, 0.6) is 0 Å². The topological polar surface area (TPSA) is 50.4 Å². The zero-order chi connectivity index (χ0) is 12.8. The normalized spacial score (nSPS) is 19.5. The lowest BCUT2D eigenvalue weighted by molar-refractivity contribution is 0.227. The Morgan fingerprint density at radius 3 is 2.56 bits per heavy atom. The summed E-state index contributed by atoms with van der Waals surface area (Å²) in [6.45, 7) is 3.16. The third-order valence-electron chi connectivity index (χ3n) is 3.74. The van der Waals surface area contributed by atoms with Gasteiger partial charge in [0.1, 0.15) is 0 Å². The van der Waals surface area contributed by atoms with Crippen LogP contribution in [0.25, 0.3) is 0 Å². The molecule has 1 aromatic carbocycles. The highest BCUT2D eigenvalue weighted by molar-refractivity contribution is 5.92. The van der Waals surface area contributed by atoms with E-state index in [-0.39, 0.29) is 0 Å². The molecule has 3 nitrogen and oxygen atoms in total. The molecule has 98 valence electrons. The van der Waals surface area contributed by atoms with Crippen LogP contribution < -0.4 is 11.1 Å². The van der Waals surface area contributed by atoms with Crippen molar-refractivity contribution < 1.29 is 0 Å². The lowest BCUT2D eigenvalue weighted by atomic mass is 9.76. The predicted octanol–water partition coefficient (Wildman–Crippen LogP) is 3.38. The van der Waals surface area contributed by atoms with Crippen LogP contribution in [-0.4, -0.2) is 12.5 Å². The summed E-state index contributed by atoms with van der Waals surface area (Å²) in [5, 5.41) is 3.13. The largest absolute Gasteiger partial charge is 0.370 e. The van der Waals surface area contributed by atoms with Crippen molar-refractivity contribution in [3.63, 3.8) is 0 Å². The van der Waals surface area contributed by atoms with Gasteiger partial charge in [-0.2, -0.15) is 0 Å². The van der Waals surface area contributed by atoms with Gasteiger partial charge >= 0.3 is 0 Å². The molecule has 18 heavy (non-hydrogen) atoms. The average Bonchev–Trinajstić information content (AvgIpc) is 2.39.